The van der Waals surface area contributed by atoms with Crippen LogP contribution in [-0.2, 0) is 4.79 Å². The molecule has 2 bridgehead atoms. The Morgan fingerprint density at radius 3 is 2.78 bits per heavy atom. The number of rotatable bonds is 3. The highest BCUT2D eigenvalue weighted by molar-refractivity contribution is 6.31. The summed E-state index contributed by atoms with van der Waals surface area (Å²) in [5.41, 5.74) is 0.376. The monoisotopic (exact) mass is 387 g/mol. The van der Waals surface area contributed by atoms with E-state index in [1.165, 1.54) is 4.90 Å². The first kappa shape index (κ1) is 18.1. The number of amides is 2. The van der Waals surface area contributed by atoms with Gasteiger partial charge in [-0.15, -0.1) is 0 Å². The van der Waals surface area contributed by atoms with Crippen molar-refractivity contribution < 1.29 is 14.7 Å². The van der Waals surface area contributed by atoms with Crippen molar-refractivity contribution in [1.29, 1.82) is 5.26 Å². The van der Waals surface area contributed by atoms with E-state index >= 15 is 0 Å². The van der Waals surface area contributed by atoms with Gasteiger partial charge < -0.3 is 15.3 Å². The number of carboxylic acids is 1. The molecule has 2 aliphatic heterocycles. The van der Waals surface area contributed by atoms with Crippen molar-refractivity contribution in [2.45, 2.75) is 56.5 Å². The number of piperidine rings is 1. The fourth-order valence-electron chi connectivity index (χ4n) is 5.07. The molecule has 2 N–H and O–H groups in total. The molecular weight excluding hydrogens is 366 g/mol. The number of nitriles is 1. The maximum Gasteiger partial charge on any atom is 0.329 e. The fourth-order valence-corrected chi connectivity index (χ4v) is 5.32. The van der Waals surface area contributed by atoms with E-state index in [1.54, 1.807) is 12.1 Å². The Bertz CT molecular complexity index is 851. The third-order valence-electron chi connectivity index (χ3n) is 6.46. The van der Waals surface area contributed by atoms with Crippen LogP contribution >= 0.6 is 11.6 Å². The minimum atomic E-state index is -1.08. The largest absolute Gasteiger partial charge is 0.479 e. The fraction of sp³-hybridized carbons (Fsp3) is 0.550. The summed E-state index contributed by atoms with van der Waals surface area (Å²) >= 11 is 6.31. The Morgan fingerprint density at radius 1 is 1.37 bits per heavy atom. The maximum atomic E-state index is 12.9. The number of carbonyl (C=O) groups excluding carboxylic acids is 1. The van der Waals surface area contributed by atoms with E-state index < -0.39 is 11.5 Å². The van der Waals surface area contributed by atoms with Gasteiger partial charge in [-0.1, -0.05) is 18.5 Å². The average Bonchev–Trinajstić information content (AvgIpc) is 2.56. The van der Waals surface area contributed by atoms with Gasteiger partial charge in [-0.3, -0.25) is 0 Å². The molecule has 1 aromatic rings. The third-order valence-corrected chi connectivity index (χ3v) is 6.81. The lowest BCUT2D eigenvalue weighted by atomic mass is 9.64. The first-order valence-electron chi connectivity index (χ1n) is 9.38. The van der Waals surface area contributed by atoms with E-state index in [2.05, 4.69) is 11.4 Å². The molecule has 4 aliphatic rings. The molecule has 4 fully saturated rings. The molecule has 2 amide bonds. The van der Waals surface area contributed by atoms with Crippen LogP contribution in [0.25, 0.3) is 0 Å². The lowest BCUT2D eigenvalue weighted by Gasteiger charge is -2.60. The Morgan fingerprint density at radius 2 is 2.15 bits per heavy atom. The number of anilines is 1. The number of urea groups is 1. The Kier molecular flexibility index (Phi) is 4.31. The lowest BCUT2D eigenvalue weighted by Crippen LogP contribution is -2.75. The first-order chi connectivity index (χ1) is 12.9. The minimum Gasteiger partial charge on any atom is -0.479 e. The molecule has 1 aromatic carbocycles. The van der Waals surface area contributed by atoms with Gasteiger partial charge in [0, 0.05) is 29.1 Å². The van der Waals surface area contributed by atoms with Gasteiger partial charge in [0.25, 0.3) is 0 Å². The first-order valence-corrected chi connectivity index (χ1v) is 9.76. The molecule has 5 atom stereocenters. The van der Waals surface area contributed by atoms with Crippen LogP contribution in [-0.4, -0.2) is 33.6 Å². The van der Waals surface area contributed by atoms with Gasteiger partial charge in [-0.2, -0.15) is 5.26 Å². The Balaban J connectivity index is 1.54. The Hall–Kier alpha value is -2.26. The molecule has 142 valence electrons. The van der Waals surface area contributed by atoms with Crippen LogP contribution < -0.4 is 5.32 Å². The highest BCUT2D eigenvalue weighted by Gasteiger charge is 2.63. The van der Waals surface area contributed by atoms with Crippen LogP contribution in [0.4, 0.5) is 10.5 Å². The van der Waals surface area contributed by atoms with Crippen molar-refractivity contribution in [1.82, 2.24) is 4.90 Å². The van der Waals surface area contributed by atoms with Crippen molar-refractivity contribution in [3.05, 3.63) is 28.8 Å². The average molecular weight is 388 g/mol. The second kappa shape index (κ2) is 6.42. The molecule has 0 radical (unpaired) electrons. The highest BCUT2D eigenvalue weighted by atomic mass is 35.5. The molecule has 6 nitrogen and oxygen atoms in total. The molecule has 2 heterocycles. The van der Waals surface area contributed by atoms with E-state index in [0.29, 0.717) is 29.5 Å². The SMILES string of the molecule is CC1CC2CC(C(=O)O)(C1)N2C(=O)Nc1ccc(Cl)c([C@@H]2CC[C@@H]2C#N)c1. The standard InChI is InChI=1S/C20H22ClN3O3/c1-11-6-14-9-20(8-11,18(25)26)24(14)19(27)23-13-3-5-17(21)16(7-13)15-4-2-12(15)10-22/h3,5,7,11-12,14-15H,2,4,6,8-9H2,1H3,(H,23,27)(H,25,26)/t11?,12-,14?,15-,20?/m1/s1. The summed E-state index contributed by atoms with van der Waals surface area (Å²) in [5, 5.41) is 22.4. The molecule has 7 heteroatoms. The number of fused-ring (bicyclic) bond motifs is 2. The zero-order valence-corrected chi connectivity index (χ0v) is 15.9. The molecule has 0 spiro atoms. The van der Waals surface area contributed by atoms with Crippen molar-refractivity contribution >= 4 is 29.3 Å². The number of carbonyl (C=O) groups is 2. The van der Waals surface area contributed by atoms with Crippen LogP contribution in [0.2, 0.25) is 5.02 Å². The number of halogens is 1. The molecule has 0 aromatic heterocycles. The van der Waals surface area contributed by atoms with Crippen molar-refractivity contribution in [2.24, 2.45) is 11.8 Å². The van der Waals surface area contributed by atoms with E-state index in [1.807, 2.05) is 13.0 Å². The van der Waals surface area contributed by atoms with E-state index in [9.17, 15) is 20.0 Å². The van der Waals surface area contributed by atoms with Gasteiger partial charge in [0.05, 0.1) is 12.0 Å². The van der Waals surface area contributed by atoms with E-state index in [0.717, 1.165) is 24.8 Å². The van der Waals surface area contributed by atoms with Crippen LogP contribution in [0.1, 0.15) is 50.5 Å². The van der Waals surface area contributed by atoms with Crippen LogP contribution in [0.3, 0.4) is 0 Å². The molecule has 2 aliphatic carbocycles. The summed E-state index contributed by atoms with van der Waals surface area (Å²) < 4.78 is 0. The number of nitrogens with one attached hydrogen (secondary N) is 1. The van der Waals surface area contributed by atoms with Gasteiger partial charge in [0.15, 0.2) is 0 Å². The summed E-state index contributed by atoms with van der Waals surface area (Å²) in [6.07, 6.45) is 3.62. The predicted molar refractivity (Wildman–Crippen MR) is 101 cm³/mol. The van der Waals surface area contributed by atoms with Gasteiger partial charge in [0.2, 0.25) is 0 Å². The van der Waals surface area contributed by atoms with Gasteiger partial charge in [0.1, 0.15) is 5.54 Å². The lowest BCUT2D eigenvalue weighted by molar-refractivity contribution is -0.173. The zero-order chi connectivity index (χ0) is 19.3. The molecular formula is C20H22ClN3O3. The highest BCUT2D eigenvalue weighted by Crippen LogP contribution is 2.50. The predicted octanol–water partition coefficient (Wildman–Crippen LogP) is 4.22. The van der Waals surface area contributed by atoms with Gasteiger partial charge >= 0.3 is 12.0 Å². The van der Waals surface area contributed by atoms with Crippen molar-refractivity contribution in [3.63, 3.8) is 0 Å². The number of hydrogen-bond donors (Lipinski definition) is 2. The number of nitrogens with zero attached hydrogens (tertiary/aromatic N) is 2. The summed E-state index contributed by atoms with van der Waals surface area (Å²) in [6.45, 7) is 2.04. The van der Waals surface area contributed by atoms with Gasteiger partial charge in [-0.25, -0.2) is 9.59 Å². The zero-order valence-electron chi connectivity index (χ0n) is 15.1. The summed E-state index contributed by atoms with van der Waals surface area (Å²) in [7, 11) is 0. The second-order valence-electron chi connectivity index (χ2n) is 8.20. The molecule has 3 unspecified atom stereocenters. The molecule has 2 saturated heterocycles. The van der Waals surface area contributed by atoms with Crippen LogP contribution in [0.15, 0.2) is 18.2 Å². The normalized spacial score (nSPS) is 34.0. The minimum absolute atomic E-state index is 0.0220. The summed E-state index contributed by atoms with van der Waals surface area (Å²) in [5.74, 6) is -0.579. The van der Waals surface area contributed by atoms with Crippen LogP contribution in [0, 0.1) is 23.2 Å². The third kappa shape index (κ3) is 2.76. The number of carboxylic acid groups (broad SMARTS) is 1. The quantitative estimate of drug-likeness (QED) is 0.812. The molecule has 2 saturated carbocycles. The number of aliphatic carboxylic acids is 1. The van der Waals surface area contributed by atoms with Crippen LogP contribution in [0.5, 0.6) is 0 Å². The summed E-state index contributed by atoms with van der Waals surface area (Å²) in [4.78, 5) is 26.2. The summed E-state index contributed by atoms with van der Waals surface area (Å²) in [6, 6.07) is 7.17. The molecule has 5 rings (SSSR count). The molecule has 27 heavy (non-hydrogen) atoms. The second-order valence-corrected chi connectivity index (χ2v) is 8.60. The Labute approximate surface area is 163 Å². The maximum absolute atomic E-state index is 12.9. The number of hydrogen-bond acceptors (Lipinski definition) is 3. The number of benzene rings is 1. The van der Waals surface area contributed by atoms with Gasteiger partial charge in [-0.05, 0) is 55.4 Å². The van der Waals surface area contributed by atoms with Crippen molar-refractivity contribution in [3.8, 4) is 6.07 Å². The smallest absolute Gasteiger partial charge is 0.329 e. The van der Waals surface area contributed by atoms with E-state index in [4.69, 9.17) is 11.6 Å². The van der Waals surface area contributed by atoms with Crippen molar-refractivity contribution in [2.75, 3.05) is 5.32 Å². The topological polar surface area (TPSA) is 93.4 Å². The van der Waals surface area contributed by atoms with E-state index in [-0.39, 0.29) is 23.9 Å².